The summed E-state index contributed by atoms with van der Waals surface area (Å²) in [6, 6.07) is 1.75. The lowest BCUT2D eigenvalue weighted by molar-refractivity contribution is 0.0763. The van der Waals surface area contributed by atoms with Crippen LogP contribution in [0.5, 0.6) is 0 Å². The lowest BCUT2D eigenvalue weighted by atomic mass is 9.86. The maximum absolute atomic E-state index is 9.84. The Labute approximate surface area is 101 Å². The van der Waals surface area contributed by atoms with Crippen LogP contribution in [0, 0.1) is 5.92 Å². The fourth-order valence-corrected chi connectivity index (χ4v) is 2.19. The van der Waals surface area contributed by atoms with Crippen molar-refractivity contribution in [2.24, 2.45) is 11.8 Å². The first-order chi connectivity index (χ1) is 8.29. The number of nitrogen functional groups attached to an aromatic ring is 1. The summed E-state index contributed by atoms with van der Waals surface area (Å²) in [6.07, 6.45) is 5.57. The maximum Gasteiger partial charge on any atom is 0.145 e. The molecule has 1 aromatic heterocycles. The molecule has 1 aliphatic rings. The standard InChI is InChI=1S/C11H19N5O/c12-16-11-5-10(14-7-15-11)13-6-8-3-1-2-4-9(8)17/h5,7-9,17H,1-4,6,12H2,(H2,13,14,15,16). The Bertz CT molecular complexity index is 359. The van der Waals surface area contributed by atoms with E-state index in [9.17, 15) is 5.11 Å². The molecule has 1 saturated carbocycles. The third-order valence-electron chi connectivity index (χ3n) is 3.23. The van der Waals surface area contributed by atoms with Crippen LogP contribution in [0.15, 0.2) is 12.4 Å². The SMILES string of the molecule is NNc1cc(NCC2CCCCC2O)ncn1. The van der Waals surface area contributed by atoms with Gasteiger partial charge in [0.1, 0.15) is 18.0 Å². The molecule has 0 spiro atoms. The summed E-state index contributed by atoms with van der Waals surface area (Å²) < 4.78 is 0. The smallest absolute Gasteiger partial charge is 0.145 e. The van der Waals surface area contributed by atoms with Gasteiger partial charge in [-0.3, -0.25) is 0 Å². The largest absolute Gasteiger partial charge is 0.393 e. The first-order valence-corrected chi connectivity index (χ1v) is 6.00. The second kappa shape index (κ2) is 5.79. The predicted octanol–water partition coefficient (Wildman–Crippen LogP) is 0.725. The summed E-state index contributed by atoms with van der Waals surface area (Å²) in [5.41, 5.74) is 2.47. The van der Waals surface area contributed by atoms with Crippen LogP contribution in [0.1, 0.15) is 25.7 Å². The highest BCUT2D eigenvalue weighted by atomic mass is 16.3. The van der Waals surface area contributed by atoms with Gasteiger partial charge in [-0.2, -0.15) is 0 Å². The highest BCUT2D eigenvalue weighted by Gasteiger charge is 2.22. The van der Waals surface area contributed by atoms with Crippen molar-refractivity contribution in [1.29, 1.82) is 0 Å². The third kappa shape index (κ3) is 3.28. The highest BCUT2D eigenvalue weighted by molar-refractivity contribution is 5.45. The monoisotopic (exact) mass is 237 g/mol. The van der Waals surface area contributed by atoms with Crippen molar-refractivity contribution in [3.63, 3.8) is 0 Å². The average Bonchev–Trinajstić information content (AvgIpc) is 2.38. The minimum absolute atomic E-state index is 0.190. The van der Waals surface area contributed by atoms with Crippen molar-refractivity contribution in [2.75, 3.05) is 17.3 Å². The van der Waals surface area contributed by atoms with Crippen LogP contribution in [-0.2, 0) is 0 Å². The second-order valence-corrected chi connectivity index (χ2v) is 4.43. The normalized spacial score (nSPS) is 24.4. The topological polar surface area (TPSA) is 96.1 Å². The summed E-state index contributed by atoms with van der Waals surface area (Å²) in [6.45, 7) is 0.738. The molecule has 94 valence electrons. The van der Waals surface area contributed by atoms with Gasteiger partial charge in [0.2, 0.25) is 0 Å². The summed E-state index contributed by atoms with van der Waals surface area (Å²) in [7, 11) is 0. The molecule has 1 heterocycles. The minimum Gasteiger partial charge on any atom is -0.393 e. The highest BCUT2D eigenvalue weighted by Crippen LogP contribution is 2.24. The number of hydrogen-bond donors (Lipinski definition) is 4. The van der Waals surface area contributed by atoms with Gasteiger partial charge in [0.05, 0.1) is 6.10 Å². The molecule has 6 nitrogen and oxygen atoms in total. The number of aliphatic hydroxyl groups excluding tert-OH is 1. The summed E-state index contributed by atoms with van der Waals surface area (Å²) in [5, 5.41) is 13.1. The molecule has 2 atom stereocenters. The number of anilines is 2. The van der Waals surface area contributed by atoms with E-state index in [1.165, 1.54) is 12.7 Å². The number of aromatic nitrogens is 2. The van der Waals surface area contributed by atoms with Crippen molar-refractivity contribution < 1.29 is 5.11 Å². The van der Waals surface area contributed by atoms with Gasteiger partial charge in [-0.25, -0.2) is 15.8 Å². The van der Waals surface area contributed by atoms with Crippen LogP contribution in [0.2, 0.25) is 0 Å². The molecule has 5 N–H and O–H groups in total. The van der Waals surface area contributed by atoms with Crippen molar-refractivity contribution in [2.45, 2.75) is 31.8 Å². The number of nitrogens with one attached hydrogen (secondary N) is 2. The molecular weight excluding hydrogens is 218 g/mol. The molecular formula is C11H19N5O. The van der Waals surface area contributed by atoms with E-state index in [2.05, 4.69) is 20.7 Å². The van der Waals surface area contributed by atoms with E-state index in [0.29, 0.717) is 11.7 Å². The van der Waals surface area contributed by atoms with Crippen LogP contribution < -0.4 is 16.6 Å². The van der Waals surface area contributed by atoms with E-state index in [0.717, 1.165) is 31.6 Å². The number of hydrazine groups is 1. The first-order valence-electron chi connectivity index (χ1n) is 6.00. The molecule has 2 rings (SSSR count). The maximum atomic E-state index is 9.84. The molecule has 0 bridgehead atoms. The molecule has 1 fully saturated rings. The second-order valence-electron chi connectivity index (χ2n) is 4.43. The predicted molar refractivity (Wildman–Crippen MR) is 66.3 cm³/mol. The summed E-state index contributed by atoms with van der Waals surface area (Å²) >= 11 is 0. The third-order valence-corrected chi connectivity index (χ3v) is 3.23. The Balaban J connectivity index is 1.88. The molecule has 2 unspecified atom stereocenters. The number of nitrogens with two attached hydrogens (primary N) is 1. The molecule has 0 aliphatic heterocycles. The number of nitrogens with zero attached hydrogens (tertiary/aromatic N) is 2. The molecule has 17 heavy (non-hydrogen) atoms. The molecule has 6 heteroatoms. The zero-order valence-electron chi connectivity index (χ0n) is 9.76. The molecule has 0 radical (unpaired) electrons. The lowest BCUT2D eigenvalue weighted by Gasteiger charge is -2.27. The Hall–Kier alpha value is -1.40. The molecule has 0 amide bonds. The minimum atomic E-state index is -0.190. The molecule has 0 saturated heterocycles. The van der Waals surface area contributed by atoms with Gasteiger partial charge in [-0.1, -0.05) is 12.8 Å². The van der Waals surface area contributed by atoms with Gasteiger partial charge in [0.25, 0.3) is 0 Å². The van der Waals surface area contributed by atoms with Gasteiger partial charge >= 0.3 is 0 Å². The first kappa shape index (κ1) is 12.1. The van der Waals surface area contributed by atoms with E-state index in [-0.39, 0.29) is 6.10 Å². The molecule has 1 aliphatic carbocycles. The van der Waals surface area contributed by atoms with Crippen LogP contribution in [-0.4, -0.2) is 27.7 Å². The van der Waals surface area contributed by atoms with Gasteiger partial charge < -0.3 is 15.8 Å². The van der Waals surface area contributed by atoms with Crippen LogP contribution in [0.25, 0.3) is 0 Å². The summed E-state index contributed by atoms with van der Waals surface area (Å²) in [5.74, 6) is 6.89. The Kier molecular flexibility index (Phi) is 4.11. The molecule has 1 aromatic rings. The van der Waals surface area contributed by atoms with E-state index in [4.69, 9.17) is 5.84 Å². The van der Waals surface area contributed by atoms with Gasteiger partial charge in [0.15, 0.2) is 0 Å². The van der Waals surface area contributed by atoms with Crippen LogP contribution >= 0.6 is 0 Å². The number of rotatable bonds is 4. The van der Waals surface area contributed by atoms with Crippen LogP contribution in [0.3, 0.4) is 0 Å². The quantitative estimate of drug-likeness (QED) is 0.455. The van der Waals surface area contributed by atoms with E-state index >= 15 is 0 Å². The average molecular weight is 237 g/mol. The lowest BCUT2D eigenvalue weighted by Crippen LogP contribution is -2.30. The van der Waals surface area contributed by atoms with Gasteiger partial charge in [-0.05, 0) is 12.8 Å². The van der Waals surface area contributed by atoms with E-state index < -0.39 is 0 Å². The Morgan fingerprint density at radius 1 is 1.29 bits per heavy atom. The van der Waals surface area contributed by atoms with Gasteiger partial charge in [-0.15, -0.1) is 0 Å². The Morgan fingerprint density at radius 2 is 2.06 bits per heavy atom. The fraction of sp³-hybridized carbons (Fsp3) is 0.636. The van der Waals surface area contributed by atoms with Crippen molar-refractivity contribution in [3.05, 3.63) is 12.4 Å². The number of aliphatic hydroxyl groups is 1. The Morgan fingerprint density at radius 3 is 2.82 bits per heavy atom. The van der Waals surface area contributed by atoms with E-state index in [1.807, 2.05) is 0 Å². The zero-order valence-corrected chi connectivity index (χ0v) is 9.76. The fourth-order valence-electron chi connectivity index (χ4n) is 2.19. The van der Waals surface area contributed by atoms with Crippen molar-refractivity contribution in [3.8, 4) is 0 Å². The zero-order chi connectivity index (χ0) is 12.1. The summed E-state index contributed by atoms with van der Waals surface area (Å²) in [4.78, 5) is 8.03. The molecule has 0 aromatic carbocycles. The number of hydrogen-bond acceptors (Lipinski definition) is 6. The van der Waals surface area contributed by atoms with Gasteiger partial charge in [0, 0.05) is 18.5 Å². The van der Waals surface area contributed by atoms with Crippen LogP contribution in [0.4, 0.5) is 11.6 Å². The van der Waals surface area contributed by atoms with Crippen molar-refractivity contribution in [1.82, 2.24) is 9.97 Å². The van der Waals surface area contributed by atoms with E-state index in [1.54, 1.807) is 6.07 Å². The van der Waals surface area contributed by atoms with Crippen molar-refractivity contribution >= 4 is 11.6 Å².